The van der Waals surface area contributed by atoms with Crippen molar-refractivity contribution in [3.8, 4) is 0 Å². The normalized spacial score (nSPS) is 23.6. The van der Waals surface area contributed by atoms with Gasteiger partial charge < -0.3 is 0 Å². The van der Waals surface area contributed by atoms with Gasteiger partial charge in [0.1, 0.15) is 0 Å². The molecule has 0 spiro atoms. The molecule has 2 unspecified atom stereocenters. The van der Waals surface area contributed by atoms with Crippen molar-refractivity contribution in [2.75, 3.05) is 0 Å². The van der Waals surface area contributed by atoms with Gasteiger partial charge in [0, 0.05) is 16.5 Å². The summed E-state index contributed by atoms with van der Waals surface area (Å²) in [6, 6.07) is 27.0. The molecule has 154 valence electrons. The van der Waals surface area contributed by atoms with Crippen molar-refractivity contribution < 1.29 is 13.2 Å². The number of hydrogen-bond donors (Lipinski definition) is 0. The predicted octanol–water partition coefficient (Wildman–Crippen LogP) is 6.75. The van der Waals surface area contributed by atoms with Crippen LogP contribution in [-0.2, 0) is 11.8 Å². The fourth-order valence-electron chi connectivity index (χ4n) is 4.62. The van der Waals surface area contributed by atoms with Crippen LogP contribution in [0.5, 0.6) is 0 Å². The van der Waals surface area contributed by atoms with Gasteiger partial charge in [0.05, 0.1) is 17.7 Å². The lowest BCUT2D eigenvalue weighted by atomic mass is 9.60. The van der Waals surface area contributed by atoms with E-state index in [1.807, 2.05) is 91.9 Å². The predicted molar refractivity (Wildman–Crippen MR) is 115 cm³/mol. The summed E-state index contributed by atoms with van der Waals surface area (Å²) in [6.07, 6.45) is -4.83. The highest BCUT2D eigenvalue weighted by Gasteiger charge is 2.54. The first kappa shape index (κ1) is 20.4. The van der Waals surface area contributed by atoms with Crippen LogP contribution in [0.1, 0.15) is 42.5 Å². The van der Waals surface area contributed by atoms with Crippen LogP contribution >= 0.6 is 0 Å². The highest BCUT2D eigenvalue weighted by Crippen LogP contribution is 2.50. The van der Waals surface area contributed by atoms with Gasteiger partial charge >= 0.3 is 6.18 Å². The minimum absolute atomic E-state index is 0.475. The van der Waals surface area contributed by atoms with Crippen LogP contribution in [0.4, 0.5) is 13.2 Å². The van der Waals surface area contributed by atoms with Gasteiger partial charge in [-0.2, -0.15) is 13.2 Å². The third kappa shape index (κ3) is 3.67. The van der Waals surface area contributed by atoms with Crippen LogP contribution < -0.4 is 0 Å². The second-order valence-corrected chi connectivity index (χ2v) is 8.43. The first-order valence-corrected chi connectivity index (χ1v) is 10.1. The van der Waals surface area contributed by atoms with Gasteiger partial charge in [0.2, 0.25) is 0 Å². The van der Waals surface area contributed by atoms with E-state index in [9.17, 15) is 13.2 Å². The Morgan fingerprint density at radius 2 is 1.33 bits per heavy atom. The molecule has 0 aliphatic carbocycles. The van der Waals surface area contributed by atoms with Crippen molar-refractivity contribution in [3.63, 3.8) is 0 Å². The van der Waals surface area contributed by atoms with Crippen molar-refractivity contribution in [2.45, 2.75) is 43.8 Å². The minimum atomic E-state index is -4.33. The third-order valence-electron chi connectivity index (χ3n) is 6.32. The highest BCUT2D eigenvalue weighted by molar-refractivity contribution is 6.15. The molecule has 0 N–H and O–H groups in total. The number of nitrogens with zero attached hydrogens (tertiary/aromatic N) is 1. The first-order chi connectivity index (χ1) is 14.2. The zero-order chi connectivity index (χ0) is 21.4. The Kier molecular flexibility index (Phi) is 5.05. The van der Waals surface area contributed by atoms with Crippen molar-refractivity contribution in [3.05, 3.63) is 107 Å². The molecule has 1 nitrogen and oxygen atoms in total. The number of aliphatic imine (C=N–C) groups is 1. The number of hydrogen-bond acceptors (Lipinski definition) is 1. The van der Waals surface area contributed by atoms with E-state index in [4.69, 9.17) is 4.99 Å². The van der Waals surface area contributed by atoms with Crippen LogP contribution in [0.25, 0.3) is 0 Å². The number of halogens is 3. The molecule has 1 aliphatic rings. The second-order valence-electron chi connectivity index (χ2n) is 8.43. The van der Waals surface area contributed by atoms with Crippen molar-refractivity contribution in [2.24, 2.45) is 4.99 Å². The zero-order valence-electron chi connectivity index (χ0n) is 17.1. The Morgan fingerprint density at radius 1 is 0.767 bits per heavy atom. The molecule has 4 rings (SSSR count). The molecular weight excluding hydrogens is 383 g/mol. The van der Waals surface area contributed by atoms with Crippen molar-refractivity contribution in [1.82, 2.24) is 0 Å². The van der Waals surface area contributed by atoms with Gasteiger partial charge in [-0.1, -0.05) is 91.9 Å². The van der Waals surface area contributed by atoms with Crippen LogP contribution in [0, 0.1) is 0 Å². The summed E-state index contributed by atoms with van der Waals surface area (Å²) < 4.78 is 41.4. The fourth-order valence-corrected chi connectivity index (χ4v) is 4.62. The molecule has 4 heteroatoms. The molecule has 0 amide bonds. The molecule has 0 saturated heterocycles. The van der Waals surface area contributed by atoms with Gasteiger partial charge in [-0.3, -0.25) is 4.99 Å². The van der Waals surface area contributed by atoms with Crippen LogP contribution in [0.2, 0.25) is 0 Å². The molecule has 0 fully saturated rings. The maximum atomic E-state index is 13.8. The summed E-state index contributed by atoms with van der Waals surface area (Å²) in [6.45, 7) is 3.58. The van der Waals surface area contributed by atoms with Gasteiger partial charge in [-0.25, -0.2) is 0 Å². The van der Waals surface area contributed by atoms with Crippen LogP contribution in [0.3, 0.4) is 0 Å². The smallest absolute Gasteiger partial charge is 0.276 e. The molecule has 1 heterocycles. The fraction of sp³-hybridized carbons (Fsp3) is 0.269. The van der Waals surface area contributed by atoms with E-state index in [0.29, 0.717) is 12.1 Å². The van der Waals surface area contributed by atoms with Crippen LogP contribution in [-0.4, -0.2) is 17.4 Å². The summed E-state index contributed by atoms with van der Waals surface area (Å²) in [7, 11) is 0. The maximum absolute atomic E-state index is 13.8. The molecule has 0 saturated carbocycles. The van der Waals surface area contributed by atoms with E-state index in [1.54, 1.807) is 6.92 Å². The van der Waals surface area contributed by atoms with E-state index in [2.05, 4.69) is 0 Å². The largest absolute Gasteiger partial charge is 0.391 e. The average molecular weight is 407 g/mol. The minimum Gasteiger partial charge on any atom is -0.276 e. The summed E-state index contributed by atoms with van der Waals surface area (Å²) in [5.41, 5.74) is 2.11. The molecule has 30 heavy (non-hydrogen) atoms. The van der Waals surface area contributed by atoms with Gasteiger partial charge in [-0.15, -0.1) is 0 Å². The monoisotopic (exact) mass is 407 g/mol. The highest BCUT2D eigenvalue weighted by atomic mass is 19.4. The Morgan fingerprint density at radius 3 is 1.97 bits per heavy atom. The Balaban J connectivity index is 1.95. The quantitative estimate of drug-likeness (QED) is 0.454. The number of alkyl halides is 3. The number of rotatable bonds is 4. The number of benzene rings is 3. The number of fused-ring (bicyclic) bond motifs is 1. The molecular formula is C26H24F3N. The standard InChI is InChI=1S/C26H24F3N/c1-24(17-19-11-5-3-6-12-19)22-16-10-9-15-21(22)23(20-13-7-4-8-14-20)30-25(24,2)18-26(27,28)29/h3-16H,17-18H2,1-2H3. The van der Waals surface area contributed by atoms with Crippen molar-refractivity contribution >= 4 is 5.71 Å². The Bertz CT molecular complexity index is 1060. The lowest BCUT2D eigenvalue weighted by molar-refractivity contribution is -0.151. The summed E-state index contributed by atoms with van der Waals surface area (Å²) in [5, 5.41) is 0. The van der Waals surface area contributed by atoms with Gasteiger partial charge in [0.15, 0.2) is 0 Å². The first-order valence-electron chi connectivity index (χ1n) is 10.1. The average Bonchev–Trinajstić information content (AvgIpc) is 2.71. The molecule has 0 radical (unpaired) electrons. The molecule has 2 atom stereocenters. The molecule has 3 aromatic carbocycles. The van der Waals surface area contributed by atoms with E-state index < -0.39 is 23.6 Å². The molecule has 0 bridgehead atoms. The lowest BCUT2D eigenvalue weighted by Crippen LogP contribution is -2.53. The zero-order valence-corrected chi connectivity index (χ0v) is 17.1. The second kappa shape index (κ2) is 7.42. The Hall–Kier alpha value is -2.88. The third-order valence-corrected chi connectivity index (χ3v) is 6.32. The van der Waals surface area contributed by atoms with Gasteiger partial charge in [0.25, 0.3) is 0 Å². The summed E-state index contributed by atoms with van der Waals surface area (Å²) in [4.78, 5) is 4.86. The van der Waals surface area contributed by atoms with Gasteiger partial charge in [-0.05, 0) is 24.5 Å². The summed E-state index contributed by atoms with van der Waals surface area (Å²) in [5.74, 6) is 0. The molecule has 3 aromatic rings. The topological polar surface area (TPSA) is 12.4 Å². The maximum Gasteiger partial charge on any atom is 0.391 e. The van der Waals surface area contributed by atoms with E-state index in [0.717, 1.165) is 22.3 Å². The van der Waals surface area contributed by atoms with E-state index in [-0.39, 0.29) is 0 Å². The Labute approximate surface area is 175 Å². The van der Waals surface area contributed by atoms with E-state index >= 15 is 0 Å². The van der Waals surface area contributed by atoms with Crippen molar-refractivity contribution in [1.29, 1.82) is 0 Å². The van der Waals surface area contributed by atoms with Crippen LogP contribution in [0.15, 0.2) is 89.9 Å². The molecule has 0 aromatic heterocycles. The van der Waals surface area contributed by atoms with E-state index in [1.165, 1.54) is 0 Å². The SMILES string of the molecule is CC1(CC(F)(F)F)N=C(c2ccccc2)c2ccccc2C1(C)Cc1ccccc1. The molecule has 1 aliphatic heterocycles. The lowest BCUT2D eigenvalue weighted by Gasteiger charge is -2.49. The summed E-state index contributed by atoms with van der Waals surface area (Å²) >= 11 is 0.